The number of hydrogen-bond acceptors (Lipinski definition) is 1. The minimum Gasteiger partial charge on any atom is -0.134 e. The van der Waals surface area contributed by atoms with Gasteiger partial charge in [0.25, 0.3) is 0 Å². The average Bonchev–Trinajstić information content (AvgIpc) is 0.811. The summed E-state index contributed by atoms with van der Waals surface area (Å²) in [7, 11) is -2.87. The molecule has 5 heteroatoms. The zero-order chi connectivity index (χ0) is 3.58. The molecule has 0 unspecified atom stereocenters. The van der Waals surface area contributed by atoms with Crippen molar-refractivity contribution < 1.29 is 14.4 Å². The van der Waals surface area contributed by atoms with Crippen LogP contribution >= 0.6 is 8.25 Å². The molecule has 5 heavy (non-hydrogen) atoms. The fraction of sp³-hybridized carbons (Fsp3) is 0. The summed E-state index contributed by atoms with van der Waals surface area (Å²) >= 11 is 0. The van der Waals surface area contributed by atoms with Gasteiger partial charge in [-0.05, 0) is 0 Å². The largest absolute Gasteiger partial charge is 0.692 e. The van der Waals surface area contributed by atoms with Gasteiger partial charge in [0.15, 0.2) is 0 Å². The second kappa shape index (κ2) is 4.90. The summed E-state index contributed by atoms with van der Waals surface area (Å²) in [6.07, 6.45) is 0. The van der Waals surface area contributed by atoms with E-state index in [-0.39, 0.29) is 26.2 Å². The fourth-order valence-electron chi connectivity index (χ4n) is 0. The Morgan fingerprint density at radius 2 is 1.40 bits per heavy atom. The molecule has 0 saturated carbocycles. The Morgan fingerprint density at radius 3 is 1.40 bits per heavy atom. The molecule has 0 atom stereocenters. The first-order chi connectivity index (χ1) is 1.73. The first-order valence-electron chi connectivity index (χ1n) is 0.583. The first-order valence-corrected chi connectivity index (χ1v) is 1.75. The van der Waals surface area contributed by atoms with Crippen LogP contribution in [0, 0.1) is 0 Å². The summed E-state index contributed by atoms with van der Waals surface area (Å²) < 4.78 is 8.70. The smallest absolute Gasteiger partial charge is 0.134 e. The molecular formula is H2BiO3P+. The van der Waals surface area contributed by atoms with Gasteiger partial charge in [0.1, 0.15) is 0 Å². The second-order valence-corrected chi connectivity index (χ2v) is 0.758. The van der Waals surface area contributed by atoms with Crippen LogP contribution in [0.5, 0.6) is 0 Å². The van der Waals surface area contributed by atoms with E-state index in [1.165, 1.54) is 0 Å². The van der Waals surface area contributed by atoms with E-state index in [1.807, 2.05) is 0 Å². The Hall–Kier alpha value is 0.903. The molecule has 3 radical (unpaired) electrons. The van der Waals surface area contributed by atoms with Crippen LogP contribution < -0.4 is 0 Å². The van der Waals surface area contributed by atoms with Crippen LogP contribution in [0.3, 0.4) is 0 Å². The van der Waals surface area contributed by atoms with Gasteiger partial charge in [-0.2, -0.15) is 0 Å². The standard InChI is InChI=1S/Bi.HO3P/c;1-4(2)3/h;(H-,1,2,3)/p+1. The van der Waals surface area contributed by atoms with Crippen molar-refractivity contribution in [2.24, 2.45) is 0 Å². The molecule has 0 amide bonds. The SMILES string of the molecule is O=[P+](O)O.[Bi]. The summed E-state index contributed by atoms with van der Waals surface area (Å²) in [6.45, 7) is 0. The Morgan fingerprint density at radius 1 is 1.40 bits per heavy atom. The molecule has 0 heterocycles. The van der Waals surface area contributed by atoms with Crippen LogP contribution in [0.15, 0.2) is 0 Å². The van der Waals surface area contributed by atoms with Crippen molar-refractivity contribution in [3.63, 3.8) is 0 Å². The monoisotopic (exact) mass is 290 g/mol. The van der Waals surface area contributed by atoms with Crippen LogP contribution in [-0.4, -0.2) is 36.0 Å². The molecule has 29 valence electrons. The van der Waals surface area contributed by atoms with Gasteiger partial charge in [-0.15, -0.1) is 9.79 Å². The normalized spacial score (nSPS) is 5.20. The summed E-state index contributed by atoms with van der Waals surface area (Å²) in [6, 6.07) is 0. The minimum atomic E-state index is -2.87. The van der Waals surface area contributed by atoms with Crippen LogP contribution in [0.2, 0.25) is 0 Å². The Balaban J connectivity index is 0. The molecule has 0 rings (SSSR count). The van der Waals surface area contributed by atoms with Crippen molar-refractivity contribution in [3.05, 3.63) is 0 Å². The second-order valence-electron chi connectivity index (χ2n) is 0.253. The molecule has 2 N–H and O–H groups in total. The molecule has 0 fully saturated rings. The molecule has 3 nitrogen and oxygen atoms in total. The van der Waals surface area contributed by atoms with E-state index in [9.17, 15) is 0 Å². The third kappa shape index (κ3) is 50.7. The zero-order valence-electron chi connectivity index (χ0n) is 2.20. The Labute approximate surface area is 49.1 Å². The third-order valence-electron chi connectivity index (χ3n) is 0. The molecule has 0 saturated heterocycles. The predicted molar refractivity (Wildman–Crippen MR) is 17.8 cm³/mol. The van der Waals surface area contributed by atoms with Gasteiger partial charge in [0.05, 0.1) is 0 Å². The van der Waals surface area contributed by atoms with Gasteiger partial charge in [-0.3, -0.25) is 0 Å². The van der Waals surface area contributed by atoms with Crippen molar-refractivity contribution in [1.29, 1.82) is 0 Å². The van der Waals surface area contributed by atoms with E-state index < -0.39 is 8.25 Å². The molecular weight excluding hydrogens is 288 g/mol. The van der Waals surface area contributed by atoms with Gasteiger partial charge in [0.2, 0.25) is 0 Å². The van der Waals surface area contributed by atoms with Gasteiger partial charge in [-0.25, -0.2) is 0 Å². The van der Waals surface area contributed by atoms with E-state index in [0.29, 0.717) is 0 Å². The quantitative estimate of drug-likeness (QED) is 0.456. The first kappa shape index (κ1) is 9.32. The van der Waals surface area contributed by atoms with E-state index >= 15 is 0 Å². The van der Waals surface area contributed by atoms with E-state index in [1.54, 1.807) is 0 Å². The maximum Gasteiger partial charge on any atom is 0.692 e. The van der Waals surface area contributed by atoms with Crippen molar-refractivity contribution >= 4 is 34.5 Å². The predicted octanol–water partition coefficient (Wildman–Crippen LogP) is -0.752. The average molecular weight is 290 g/mol. The Bertz CT molecular complexity index is 29.9. The van der Waals surface area contributed by atoms with Gasteiger partial charge >= 0.3 is 8.25 Å². The van der Waals surface area contributed by atoms with Crippen molar-refractivity contribution in [3.8, 4) is 0 Å². The summed E-state index contributed by atoms with van der Waals surface area (Å²) in [5, 5.41) is 0. The van der Waals surface area contributed by atoms with Gasteiger partial charge in [-0.1, -0.05) is 0 Å². The molecule has 0 aliphatic carbocycles. The van der Waals surface area contributed by atoms with Crippen LogP contribution in [0.4, 0.5) is 0 Å². The summed E-state index contributed by atoms with van der Waals surface area (Å²) in [5.74, 6) is 0. The third-order valence-corrected chi connectivity index (χ3v) is 0. The van der Waals surface area contributed by atoms with E-state index in [0.717, 1.165) is 0 Å². The summed E-state index contributed by atoms with van der Waals surface area (Å²) in [4.78, 5) is 14.2. The van der Waals surface area contributed by atoms with E-state index in [2.05, 4.69) is 0 Å². The number of hydrogen-bond donors (Lipinski definition) is 2. The molecule has 0 aromatic rings. The Kier molecular flexibility index (Phi) is 9.13. The molecule has 0 aromatic carbocycles. The van der Waals surface area contributed by atoms with Crippen LogP contribution in [0.1, 0.15) is 0 Å². The maximum absolute atomic E-state index is 8.70. The van der Waals surface area contributed by atoms with Gasteiger partial charge < -0.3 is 0 Å². The molecule has 0 aliphatic heterocycles. The fourth-order valence-corrected chi connectivity index (χ4v) is 0. The van der Waals surface area contributed by atoms with Crippen molar-refractivity contribution in [2.75, 3.05) is 0 Å². The number of rotatable bonds is 0. The van der Waals surface area contributed by atoms with E-state index in [4.69, 9.17) is 14.4 Å². The maximum atomic E-state index is 8.70. The van der Waals surface area contributed by atoms with Crippen molar-refractivity contribution in [2.45, 2.75) is 0 Å². The van der Waals surface area contributed by atoms with Gasteiger partial charge in [0, 0.05) is 30.8 Å². The molecule has 0 aromatic heterocycles. The minimum absolute atomic E-state index is 0. The summed E-state index contributed by atoms with van der Waals surface area (Å²) in [5.41, 5.74) is 0. The molecule has 0 aliphatic rings. The van der Waals surface area contributed by atoms with Crippen LogP contribution in [-0.2, 0) is 4.57 Å². The molecule has 0 spiro atoms. The molecule has 0 bridgehead atoms. The van der Waals surface area contributed by atoms with Crippen LogP contribution in [0.25, 0.3) is 0 Å². The van der Waals surface area contributed by atoms with Crippen molar-refractivity contribution in [1.82, 2.24) is 0 Å². The zero-order valence-corrected chi connectivity index (χ0v) is 6.57. The topological polar surface area (TPSA) is 57.5 Å².